The van der Waals surface area contributed by atoms with Crippen LogP contribution in [-0.2, 0) is 22.5 Å². The molecule has 0 aliphatic carbocycles. The lowest BCUT2D eigenvalue weighted by molar-refractivity contribution is -0.127. The first-order chi connectivity index (χ1) is 16.1. The van der Waals surface area contributed by atoms with Crippen LogP contribution >= 0.6 is 0 Å². The van der Waals surface area contributed by atoms with Crippen molar-refractivity contribution in [1.82, 2.24) is 14.5 Å². The SMILES string of the molecule is CCn1c2ccccc2c2cc(NC(=O)OC3CC(=O)N(CCc4ccccn4)C3)ccc21. The number of benzene rings is 2. The predicted molar refractivity (Wildman–Crippen MR) is 128 cm³/mol. The normalized spacial score (nSPS) is 16.0. The predicted octanol–water partition coefficient (Wildman–Crippen LogP) is 4.60. The fourth-order valence-corrected chi connectivity index (χ4v) is 4.60. The summed E-state index contributed by atoms with van der Waals surface area (Å²) >= 11 is 0. The molecule has 1 aliphatic heterocycles. The molecule has 1 unspecified atom stereocenters. The summed E-state index contributed by atoms with van der Waals surface area (Å²) in [5.74, 6) is -0.00229. The molecule has 1 fully saturated rings. The molecule has 1 aliphatic rings. The van der Waals surface area contributed by atoms with Crippen LogP contribution in [0.5, 0.6) is 0 Å². The third-order valence-electron chi connectivity index (χ3n) is 6.15. The van der Waals surface area contributed by atoms with E-state index in [9.17, 15) is 9.59 Å². The van der Waals surface area contributed by atoms with Gasteiger partial charge in [-0.25, -0.2) is 4.79 Å². The molecule has 1 saturated heterocycles. The molecular weight excluding hydrogens is 416 g/mol. The van der Waals surface area contributed by atoms with Gasteiger partial charge in [-0.15, -0.1) is 0 Å². The highest BCUT2D eigenvalue weighted by atomic mass is 16.6. The van der Waals surface area contributed by atoms with Gasteiger partial charge in [-0.2, -0.15) is 0 Å². The number of nitrogens with zero attached hydrogens (tertiary/aromatic N) is 3. The molecule has 2 aromatic heterocycles. The number of amides is 2. The summed E-state index contributed by atoms with van der Waals surface area (Å²) in [6.07, 6.45) is 1.63. The molecule has 1 N–H and O–H groups in total. The minimum atomic E-state index is -0.544. The highest BCUT2D eigenvalue weighted by molar-refractivity contribution is 6.09. The van der Waals surface area contributed by atoms with Crippen LogP contribution in [0.3, 0.4) is 0 Å². The molecule has 7 heteroatoms. The van der Waals surface area contributed by atoms with Gasteiger partial charge in [0.15, 0.2) is 0 Å². The van der Waals surface area contributed by atoms with Gasteiger partial charge in [-0.1, -0.05) is 24.3 Å². The number of anilines is 1. The van der Waals surface area contributed by atoms with Crippen molar-refractivity contribution in [2.75, 3.05) is 18.4 Å². The standard InChI is InChI=1S/C26H26N4O3/c1-2-30-23-9-4-3-8-21(23)22-15-19(10-11-24(22)30)28-26(32)33-20-16-25(31)29(17-20)14-12-18-7-5-6-13-27-18/h3-11,13,15,20H,2,12,14,16-17H2,1H3,(H,28,32). The third-order valence-corrected chi connectivity index (χ3v) is 6.15. The van der Waals surface area contributed by atoms with Crippen LogP contribution in [0.25, 0.3) is 21.8 Å². The lowest BCUT2D eigenvalue weighted by atomic mass is 10.1. The summed E-state index contributed by atoms with van der Waals surface area (Å²) in [5.41, 5.74) is 3.91. The van der Waals surface area contributed by atoms with Gasteiger partial charge in [-0.05, 0) is 43.3 Å². The van der Waals surface area contributed by atoms with E-state index in [2.05, 4.69) is 33.9 Å². The van der Waals surface area contributed by atoms with E-state index in [0.29, 0.717) is 25.2 Å². The Bertz CT molecular complexity index is 1320. The number of para-hydroxylation sites is 1. The number of pyridine rings is 1. The molecule has 3 heterocycles. The number of hydrogen-bond donors (Lipinski definition) is 1. The van der Waals surface area contributed by atoms with Gasteiger partial charge in [0.05, 0.1) is 13.0 Å². The number of ether oxygens (including phenoxy) is 1. The molecular formula is C26H26N4O3. The second kappa shape index (κ2) is 8.94. The minimum absolute atomic E-state index is 0.00229. The van der Waals surface area contributed by atoms with Crippen molar-refractivity contribution in [3.05, 3.63) is 72.6 Å². The Hall–Kier alpha value is -3.87. The maximum Gasteiger partial charge on any atom is 0.411 e. The van der Waals surface area contributed by atoms with E-state index in [1.807, 2.05) is 48.5 Å². The molecule has 0 spiro atoms. The highest BCUT2D eigenvalue weighted by Gasteiger charge is 2.32. The van der Waals surface area contributed by atoms with Gasteiger partial charge < -0.3 is 14.2 Å². The van der Waals surface area contributed by atoms with Crippen LogP contribution in [0.2, 0.25) is 0 Å². The molecule has 168 valence electrons. The van der Waals surface area contributed by atoms with E-state index in [1.54, 1.807) is 11.1 Å². The van der Waals surface area contributed by atoms with Crippen molar-refractivity contribution in [2.24, 2.45) is 0 Å². The first-order valence-corrected chi connectivity index (χ1v) is 11.3. The van der Waals surface area contributed by atoms with Gasteiger partial charge in [-0.3, -0.25) is 15.1 Å². The van der Waals surface area contributed by atoms with Crippen molar-refractivity contribution in [2.45, 2.75) is 32.4 Å². The monoisotopic (exact) mass is 442 g/mol. The lowest BCUT2D eigenvalue weighted by Crippen LogP contribution is -2.30. The van der Waals surface area contributed by atoms with E-state index >= 15 is 0 Å². The number of carbonyl (C=O) groups is 2. The van der Waals surface area contributed by atoms with Gasteiger partial charge in [0.2, 0.25) is 5.91 Å². The Morgan fingerprint density at radius 1 is 1.09 bits per heavy atom. The summed E-state index contributed by atoms with van der Waals surface area (Å²) in [5, 5.41) is 5.06. The van der Waals surface area contributed by atoms with E-state index in [1.165, 1.54) is 5.52 Å². The smallest absolute Gasteiger partial charge is 0.411 e. The second-order valence-electron chi connectivity index (χ2n) is 8.26. The van der Waals surface area contributed by atoms with Gasteiger partial charge in [0.1, 0.15) is 6.10 Å². The Morgan fingerprint density at radius 2 is 1.91 bits per heavy atom. The fourth-order valence-electron chi connectivity index (χ4n) is 4.60. The van der Waals surface area contributed by atoms with Crippen molar-refractivity contribution >= 4 is 39.5 Å². The van der Waals surface area contributed by atoms with Crippen molar-refractivity contribution in [1.29, 1.82) is 0 Å². The van der Waals surface area contributed by atoms with Crippen molar-refractivity contribution < 1.29 is 14.3 Å². The first kappa shape index (κ1) is 21.0. The van der Waals surface area contributed by atoms with E-state index in [-0.39, 0.29) is 12.3 Å². The second-order valence-corrected chi connectivity index (χ2v) is 8.26. The summed E-state index contributed by atoms with van der Waals surface area (Å²) < 4.78 is 7.82. The zero-order valence-electron chi connectivity index (χ0n) is 18.5. The molecule has 33 heavy (non-hydrogen) atoms. The van der Waals surface area contributed by atoms with Crippen molar-refractivity contribution in [3.8, 4) is 0 Å². The average Bonchev–Trinajstić information content (AvgIpc) is 3.34. The number of rotatable bonds is 6. The molecule has 2 aromatic carbocycles. The zero-order chi connectivity index (χ0) is 22.8. The van der Waals surface area contributed by atoms with Crippen LogP contribution in [0.4, 0.5) is 10.5 Å². The average molecular weight is 443 g/mol. The van der Waals surface area contributed by atoms with Crippen LogP contribution in [0, 0.1) is 0 Å². The van der Waals surface area contributed by atoms with Crippen LogP contribution in [0.15, 0.2) is 66.9 Å². The quantitative estimate of drug-likeness (QED) is 0.473. The Kier molecular flexibility index (Phi) is 5.69. The first-order valence-electron chi connectivity index (χ1n) is 11.3. The zero-order valence-corrected chi connectivity index (χ0v) is 18.5. The summed E-state index contributed by atoms with van der Waals surface area (Å²) in [6.45, 7) is 3.96. The van der Waals surface area contributed by atoms with Crippen molar-refractivity contribution in [3.63, 3.8) is 0 Å². The Balaban J connectivity index is 1.23. The lowest BCUT2D eigenvalue weighted by Gasteiger charge is -2.16. The third kappa shape index (κ3) is 4.26. The summed E-state index contributed by atoms with van der Waals surface area (Å²) in [6, 6.07) is 19.9. The topological polar surface area (TPSA) is 76.5 Å². The summed E-state index contributed by atoms with van der Waals surface area (Å²) in [7, 11) is 0. The number of hydrogen-bond acceptors (Lipinski definition) is 4. The van der Waals surface area contributed by atoms with Crippen LogP contribution < -0.4 is 5.32 Å². The number of aryl methyl sites for hydroxylation is 1. The highest BCUT2D eigenvalue weighted by Crippen LogP contribution is 2.31. The van der Waals surface area contributed by atoms with Gasteiger partial charge in [0, 0.05) is 58.9 Å². The van der Waals surface area contributed by atoms with E-state index in [4.69, 9.17) is 4.74 Å². The molecule has 0 radical (unpaired) electrons. The van der Waals surface area contributed by atoms with Gasteiger partial charge >= 0.3 is 6.09 Å². The van der Waals surface area contributed by atoms with Gasteiger partial charge in [0.25, 0.3) is 0 Å². The van der Waals surface area contributed by atoms with Crippen LogP contribution in [-0.4, -0.2) is 45.6 Å². The molecule has 4 aromatic rings. The fraction of sp³-hybridized carbons (Fsp3) is 0.269. The number of likely N-dealkylation sites (tertiary alicyclic amines) is 1. The molecule has 0 saturated carbocycles. The minimum Gasteiger partial charge on any atom is -0.444 e. The largest absolute Gasteiger partial charge is 0.444 e. The number of nitrogens with one attached hydrogen (secondary N) is 1. The van der Waals surface area contributed by atoms with E-state index < -0.39 is 12.2 Å². The molecule has 5 rings (SSSR count). The molecule has 0 bridgehead atoms. The maximum atomic E-state index is 12.5. The Morgan fingerprint density at radius 3 is 2.73 bits per heavy atom. The molecule has 2 amide bonds. The molecule has 1 atom stereocenters. The molecule has 7 nitrogen and oxygen atoms in total. The van der Waals surface area contributed by atoms with E-state index in [0.717, 1.165) is 28.5 Å². The summed E-state index contributed by atoms with van der Waals surface area (Å²) in [4.78, 5) is 30.9. The van der Waals surface area contributed by atoms with Crippen LogP contribution in [0.1, 0.15) is 19.0 Å². The maximum absolute atomic E-state index is 12.5. The number of fused-ring (bicyclic) bond motifs is 3. The Labute approximate surface area is 192 Å². The number of carbonyl (C=O) groups excluding carboxylic acids is 2. The number of aromatic nitrogens is 2.